The molecule has 4 heteroatoms. The summed E-state index contributed by atoms with van der Waals surface area (Å²) in [4.78, 5) is 8.35. The van der Waals surface area contributed by atoms with Crippen molar-refractivity contribution in [2.75, 3.05) is 13.2 Å². The van der Waals surface area contributed by atoms with Crippen molar-refractivity contribution in [3.63, 3.8) is 0 Å². The second kappa shape index (κ2) is 5.96. The number of aromatic nitrogens is 2. The lowest BCUT2D eigenvalue weighted by Crippen LogP contribution is -2.31. The van der Waals surface area contributed by atoms with Gasteiger partial charge in [0.2, 0.25) is 0 Å². The molecule has 0 aliphatic heterocycles. The van der Waals surface area contributed by atoms with Crippen molar-refractivity contribution >= 4 is 0 Å². The van der Waals surface area contributed by atoms with Gasteiger partial charge in [-0.15, -0.1) is 0 Å². The molecule has 1 aliphatic rings. The van der Waals surface area contributed by atoms with Crippen LogP contribution in [0, 0.1) is 18.8 Å². The Morgan fingerprint density at radius 2 is 2.12 bits per heavy atom. The molecule has 2 unspecified atom stereocenters. The minimum atomic E-state index is 0.492. The highest BCUT2D eigenvalue weighted by Crippen LogP contribution is 2.29. The van der Waals surface area contributed by atoms with Crippen molar-refractivity contribution in [1.82, 2.24) is 9.97 Å². The largest absolute Gasteiger partial charge is 0.463 e. The van der Waals surface area contributed by atoms with E-state index >= 15 is 0 Å². The van der Waals surface area contributed by atoms with Crippen LogP contribution in [0.1, 0.15) is 31.4 Å². The van der Waals surface area contributed by atoms with Crippen molar-refractivity contribution in [1.29, 1.82) is 0 Å². The number of rotatable bonds is 4. The lowest BCUT2D eigenvalue weighted by atomic mass is 9.80. The topological polar surface area (TPSA) is 61.0 Å². The average Bonchev–Trinajstić information content (AvgIpc) is 2.37. The van der Waals surface area contributed by atoms with Crippen LogP contribution in [0.25, 0.3) is 0 Å². The van der Waals surface area contributed by atoms with E-state index in [1.165, 1.54) is 25.7 Å². The van der Waals surface area contributed by atoms with Crippen LogP contribution in [-0.2, 0) is 0 Å². The predicted molar refractivity (Wildman–Crippen MR) is 66.8 cm³/mol. The third-order valence-corrected chi connectivity index (χ3v) is 3.57. The number of nitrogens with two attached hydrogens (primary N) is 1. The summed E-state index contributed by atoms with van der Waals surface area (Å²) in [6, 6.07) is 2.36. The molecule has 2 atom stereocenters. The highest BCUT2D eigenvalue weighted by Gasteiger charge is 2.24. The van der Waals surface area contributed by atoms with Crippen molar-refractivity contribution in [3.8, 4) is 6.01 Å². The van der Waals surface area contributed by atoms with Crippen LogP contribution >= 0.6 is 0 Å². The SMILES string of the molecule is Cc1ccnc(OCC2CCCCC2CN)n1. The van der Waals surface area contributed by atoms with Gasteiger partial charge in [0.15, 0.2) is 0 Å². The number of nitrogens with zero attached hydrogens (tertiary/aromatic N) is 2. The summed E-state index contributed by atoms with van der Waals surface area (Å²) in [5.74, 6) is 1.17. The van der Waals surface area contributed by atoms with Crippen LogP contribution in [0.5, 0.6) is 6.01 Å². The molecule has 1 saturated carbocycles. The van der Waals surface area contributed by atoms with Gasteiger partial charge in [0, 0.05) is 11.9 Å². The molecule has 2 N–H and O–H groups in total. The molecular formula is C13H21N3O. The van der Waals surface area contributed by atoms with Gasteiger partial charge in [0.05, 0.1) is 6.61 Å². The molecule has 1 aromatic heterocycles. The lowest BCUT2D eigenvalue weighted by molar-refractivity contribution is 0.145. The Labute approximate surface area is 103 Å². The summed E-state index contributed by atoms with van der Waals surface area (Å²) in [5, 5.41) is 0. The predicted octanol–water partition coefficient (Wildman–Crippen LogP) is 1.93. The number of hydrogen-bond donors (Lipinski definition) is 1. The normalized spacial score (nSPS) is 24.6. The van der Waals surface area contributed by atoms with Crippen molar-refractivity contribution in [3.05, 3.63) is 18.0 Å². The molecule has 0 spiro atoms. The van der Waals surface area contributed by atoms with E-state index < -0.39 is 0 Å². The Kier molecular flexibility index (Phi) is 4.31. The monoisotopic (exact) mass is 235 g/mol. The van der Waals surface area contributed by atoms with Crippen molar-refractivity contribution in [2.24, 2.45) is 17.6 Å². The standard InChI is InChI=1S/C13H21N3O/c1-10-6-7-15-13(16-10)17-9-12-5-3-2-4-11(12)8-14/h6-7,11-12H,2-5,8-9,14H2,1H3. The Bertz CT molecular complexity index is 356. The molecule has 4 nitrogen and oxygen atoms in total. The molecule has 94 valence electrons. The van der Waals surface area contributed by atoms with Crippen LogP contribution in [0.15, 0.2) is 12.3 Å². The fourth-order valence-corrected chi connectivity index (χ4v) is 2.49. The van der Waals surface area contributed by atoms with Gasteiger partial charge in [-0.2, -0.15) is 0 Å². The third kappa shape index (κ3) is 3.40. The molecule has 1 heterocycles. The first-order valence-corrected chi connectivity index (χ1v) is 6.42. The summed E-state index contributed by atoms with van der Waals surface area (Å²) < 4.78 is 5.68. The molecule has 17 heavy (non-hydrogen) atoms. The first-order chi connectivity index (χ1) is 8.29. The maximum Gasteiger partial charge on any atom is 0.316 e. The highest BCUT2D eigenvalue weighted by molar-refractivity contribution is 5.03. The third-order valence-electron chi connectivity index (χ3n) is 3.57. The molecule has 1 aliphatic carbocycles. The molecule has 0 radical (unpaired) electrons. The minimum absolute atomic E-state index is 0.492. The Morgan fingerprint density at radius 1 is 1.35 bits per heavy atom. The van der Waals surface area contributed by atoms with Gasteiger partial charge in [-0.3, -0.25) is 0 Å². The second-order valence-corrected chi connectivity index (χ2v) is 4.83. The molecule has 2 rings (SSSR count). The van der Waals surface area contributed by atoms with Gasteiger partial charge in [-0.25, -0.2) is 9.97 Å². The van der Waals surface area contributed by atoms with E-state index in [1.807, 2.05) is 13.0 Å². The van der Waals surface area contributed by atoms with E-state index in [4.69, 9.17) is 10.5 Å². The van der Waals surface area contributed by atoms with Gasteiger partial charge >= 0.3 is 6.01 Å². The van der Waals surface area contributed by atoms with Crippen molar-refractivity contribution < 1.29 is 4.74 Å². The van der Waals surface area contributed by atoms with E-state index in [1.54, 1.807) is 6.20 Å². The first kappa shape index (κ1) is 12.3. The maximum atomic E-state index is 5.80. The summed E-state index contributed by atoms with van der Waals surface area (Å²) in [6.45, 7) is 3.41. The lowest BCUT2D eigenvalue weighted by Gasteiger charge is -2.30. The molecule has 0 bridgehead atoms. The Balaban J connectivity index is 1.88. The fourth-order valence-electron chi connectivity index (χ4n) is 2.49. The molecule has 1 fully saturated rings. The van der Waals surface area contributed by atoms with Gasteiger partial charge in [-0.1, -0.05) is 12.8 Å². The molecular weight excluding hydrogens is 214 g/mol. The summed E-state index contributed by atoms with van der Waals surface area (Å²) in [6.07, 6.45) is 6.78. The van der Waals surface area contributed by atoms with E-state index in [2.05, 4.69) is 9.97 Å². The average molecular weight is 235 g/mol. The fraction of sp³-hybridized carbons (Fsp3) is 0.692. The molecule has 0 amide bonds. The van der Waals surface area contributed by atoms with Crippen LogP contribution in [0.3, 0.4) is 0 Å². The van der Waals surface area contributed by atoms with Crippen LogP contribution in [-0.4, -0.2) is 23.1 Å². The second-order valence-electron chi connectivity index (χ2n) is 4.83. The van der Waals surface area contributed by atoms with E-state index in [9.17, 15) is 0 Å². The zero-order valence-electron chi connectivity index (χ0n) is 10.4. The van der Waals surface area contributed by atoms with Crippen LogP contribution in [0.4, 0.5) is 0 Å². The van der Waals surface area contributed by atoms with Crippen LogP contribution in [0.2, 0.25) is 0 Å². The van der Waals surface area contributed by atoms with Crippen molar-refractivity contribution in [2.45, 2.75) is 32.6 Å². The molecule has 0 aromatic carbocycles. The summed E-state index contributed by atoms with van der Waals surface area (Å²) >= 11 is 0. The number of aryl methyl sites for hydroxylation is 1. The van der Waals surface area contributed by atoms with Gasteiger partial charge in [0.1, 0.15) is 0 Å². The zero-order valence-corrected chi connectivity index (χ0v) is 10.4. The summed E-state index contributed by atoms with van der Waals surface area (Å²) in [7, 11) is 0. The van der Waals surface area contributed by atoms with E-state index in [0.717, 1.165) is 12.2 Å². The maximum absolute atomic E-state index is 5.80. The Hall–Kier alpha value is -1.16. The van der Waals surface area contributed by atoms with Gasteiger partial charge in [0.25, 0.3) is 0 Å². The first-order valence-electron chi connectivity index (χ1n) is 6.42. The van der Waals surface area contributed by atoms with Gasteiger partial charge in [-0.05, 0) is 44.2 Å². The summed E-state index contributed by atoms with van der Waals surface area (Å²) in [5.41, 5.74) is 6.74. The minimum Gasteiger partial charge on any atom is -0.463 e. The zero-order chi connectivity index (χ0) is 12.1. The van der Waals surface area contributed by atoms with Gasteiger partial charge < -0.3 is 10.5 Å². The molecule has 1 aromatic rings. The smallest absolute Gasteiger partial charge is 0.316 e. The van der Waals surface area contributed by atoms with E-state index in [0.29, 0.717) is 24.5 Å². The number of hydrogen-bond acceptors (Lipinski definition) is 4. The Morgan fingerprint density at radius 3 is 2.82 bits per heavy atom. The number of ether oxygens (including phenoxy) is 1. The van der Waals surface area contributed by atoms with Crippen LogP contribution < -0.4 is 10.5 Å². The highest BCUT2D eigenvalue weighted by atomic mass is 16.5. The molecule has 0 saturated heterocycles. The van der Waals surface area contributed by atoms with E-state index in [-0.39, 0.29) is 0 Å². The quantitative estimate of drug-likeness (QED) is 0.866.